The van der Waals surface area contributed by atoms with E-state index in [1.54, 1.807) is 11.3 Å². The average molecular weight is 448 g/mol. The lowest BCUT2D eigenvalue weighted by Crippen LogP contribution is -2.40. The summed E-state index contributed by atoms with van der Waals surface area (Å²) >= 11 is 7.48. The number of hydrogen-bond acceptors (Lipinski definition) is 3. The van der Waals surface area contributed by atoms with Crippen molar-refractivity contribution >= 4 is 39.6 Å². The van der Waals surface area contributed by atoms with Gasteiger partial charge in [-0.1, -0.05) is 48.5 Å². The quantitative estimate of drug-likeness (QED) is 0.381. The fourth-order valence-corrected chi connectivity index (χ4v) is 4.60. The molecule has 2 aromatic heterocycles. The molecule has 0 spiro atoms. The first-order chi connectivity index (χ1) is 15.0. The summed E-state index contributed by atoms with van der Waals surface area (Å²) in [4.78, 5) is 19.1. The Bertz CT molecular complexity index is 1230. The van der Waals surface area contributed by atoms with Crippen LogP contribution < -0.4 is 10.9 Å². The fourth-order valence-electron chi connectivity index (χ4n) is 3.57. The summed E-state index contributed by atoms with van der Waals surface area (Å²) in [5.41, 5.74) is 3.77. The Balaban J connectivity index is 1.60. The lowest BCUT2D eigenvalue weighted by atomic mass is 10.1. The summed E-state index contributed by atoms with van der Waals surface area (Å²) in [6.45, 7) is 5.20. The maximum Gasteiger partial charge on any atom is 0.253 e. The number of aryl methyl sites for hydroxylation is 1. The van der Waals surface area contributed by atoms with E-state index < -0.39 is 0 Å². The highest BCUT2D eigenvalue weighted by molar-refractivity contribution is 7.80. The van der Waals surface area contributed by atoms with Gasteiger partial charge in [0.15, 0.2) is 5.11 Å². The average Bonchev–Trinajstić information content (AvgIpc) is 3.27. The predicted molar refractivity (Wildman–Crippen MR) is 133 cm³/mol. The molecule has 6 heteroatoms. The molecule has 0 radical (unpaired) electrons. The van der Waals surface area contributed by atoms with E-state index in [0.29, 0.717) is 23.8 Å². The first kappa shape index (κ1) is 21.3. The first-order valence-corrected chi connectivity index (χ1v) is 11.5. The van der Waals surface area contributed by atoms with Crippen molar-refractivity contribution in [3.05, 3.63) is 104 Å². The largest absolute Gasteiger partial charge is 0.356 e. The number of hydrogen-bond donors (Lipinski definition) is 2. The molecule has 0 aliphatic rings. The molecule has 0 saturated heterocycles. The van der Waals surface area contributed by atoms with Crippen LogP contribution in [0.2, 0.25) is 0 Å². The fraction of sp³-hybridized carbons (Fsp3) is 0.200. The van der Waals surface area contributed by atoms with Crippen molar-refractivity contribution in [1.82, 2.24) is 15.2 Å². The molecule has 2 N–H and O–H groups in total. The van der Waals surface area contributed by atoms with Crippen LogP contribution in [-0.4, -0.2) is 15.0 Å². The summed E-state index contributed by atoms with van der Waals surface area (Å²) in [5, 5.41) is 7.15. The number of thiophene rings is 1. The van der Waals surface area contributed by atoms with Crippen molar-refractivity contribution in [1.29, 1.82) is 0 Å². The van der Waals surface area contributed by atoms with E-state index in [9.17, 15) is 4.79 Å². The van der Waals surface area contributed by atoms with Gasteiger partial charge in [-0.05, 0) is 66.2 Å². The van der Waals surface area contributed by atoms with E-state index >= 15 is 0 Å². The van der Waals surface area contributed by atoms with Gasteiger partial charge in [0.05, 0.1) is 19.1 Å². The summed E-state index contributed by atoms with van der Waals surface area (Å²) in [6, 6.07) is 22.5. The van der Waals surface area contributed by atoms with Gasteiger partial charge < -0.3 is 15.2 Å². The molecule has 158 valence electrons. The molecular formula is C25H25N3OS2. The lowest BCUT2D eigenvalue weighted by molar-refractivity contribution is 0.395. The van der Waals surface area contributed by atoms with Crippen LogP contribution >= 0.6 is 23.6 Å². The van der Waals surface area contributed by atoms with Crippen LogP contribution in [0.4, 0.5) is 0 Å². The number of thiocarbonyl (C=S) groups is 1. The van der Waals surface area contributed by atoms with Gasteiger partial charge in [-0.2, -0.15) is 0 Å². The van der Waals surface area contributed by atoms with Gasteiger partial charge in [0.25, 0.3) is 5.56 Å². The third kappa shape index (κ3) is 5.21. The molecule has 0 aliphatic carbocycles. The molecule has 0 unspecified atom stereocenters. The number of aromatic amines is 1. The van der Waals surface area contributed by atoms with E-state index in [1.165, 1.54) is 10.4 Å². The van der Waals surface area contributed by atoms with Crippen LogP contribution in [0, 0.1) is 6.92 Å². The number of H-pyrrole nitrogens is 1. The predicted octanol–water partition coefficient (Wildman–Crippen LogP) is 5.54. The molecule has 0 amide bonds. The molecule has 2 aromatic carbocycles. The van der Waals surface area contributed by atoms with Crippen molar-refractivity contribution in [2.45, 2.75) is 33.0 Å². The highest BCUT2D eigenvalue weighted by Crippen LogP contribution is 2.18. The zero-order chi connectivity index (χ0) is 21.8. The van der Waals surface area contributed by atoms with Crippen LogP contribution in [0.5, 0.6) is 0 Å². The van der Waals surface area contributed by atoms with Crippen molar-refractivity contribution in [3.8, 4) is 0 Å². The van der Waals surface area contributed by atoms with E-state index in [2.05, 4.69) is 51.8 Å². The third-order valence-corrected chi connectivity index (χ3v) is 6.53. The molecule has 0 bridgehead atoms. The van der Waals surface area contributed by atoms with Crippen molar-refractivity contribution in [2.75, 3.05) is 0 Å². The van der Waals surface area contributed by atoms with Crippen molar-refractivity contribution in [2.24, 2.45) is 0 Å². The maximum absolute atomic E-state index is 12.8. The normalized spacial score (nSPS) is 11.9. The summed E-state index contributed by atoms with van der Waals surface area (Å²) in [7, 11) is 0. The number of aromatic nitrogens is 1. The Morgan fingerprint density at radius 1 is 1.10 bits per heavy atom. The Morgan fingerprint density at radius 2 is 1.90 bits per heavy atom. The summed E-state index contributed by atoms with van der Waals surface area (Å²) in [5.74, 6) is 0. The minimum Gasteiger partial charge on any atom is -0.356 e. The van der Waals surface area contributed by atoms with Crippen LogP contribution in [0.1, 0.15) is 34.5 Å². The standard InChI is InChI=1S/C25H25N3OS2/c1-17-10-11-20-14-21(24(29)27-23(20)13-17)15-28(16-22-9-6-12-31-22)25(30)26-18(2)19-7-4-3-5-8-19/h3-14,18H,15-16H2,1-2H3,(H,26,30)(H,27,29)/t18-/m0/s1. The van der Waals surface area contributed by atoms with Gasteiger partial charge in [-0.25, -0.2) is 0 Å². The Labute approximate surface area is 191 Å². The molecule has 0 saturated carbocycles. The molecule has 31 heavy (non-hydrogen) atoms. The van der Waals surface area contributed by atoms with Gasteiger partial charge in [0.1, 0.15) is 0 Å². The highest BCUT2D eigenvalue weighted by atomic mass is 32.1. The zero-order valence-corrected chi connectivity index (χ0v) is 19.2. The monoisotopic (exact) mass is 447 g/mol. The topological polar surface area (TPSA) is 48.1 Å². The molecule has 4 aromatic rings. The van der Waals surface area contributed by atoms with E-state index in [-0.39, 0.29) is 11.6 Å². The van der Waals surface area contributed by atoms with Gasteiger partial charge in [-0.3, -0.25) is 4.79 Å². The molecule has 4 nitrogen and oxygen atoms in total. The minimum absolute atomic E-state index is 0.0670. The lowest BCUT2D eigenvalue weighted by Gasteiger charge is -2.28. The smallest absolute Gasteiger partial charge is 0.253 e. The number of nitrogens with one attached hydrogen (secondary N) is 2. The second-order valence-electron chi connectivity index (χ2n) is 7.73. The van der Waals surface area contributed by atoms with Crippen LogP contribution in [0.25, 0.3) is 10.9 Å². The molecule has 2 heterocycles. The number of nitrogens with zero attached hydrogens (tertiary/aromatic N) is 1. The van der Waals surface area contributed by atoms with Crippen LogP contribution in [0.15, 0.2) is 76.9 Å². The number of fused-ring (bicyclic) bond motifs is 1. The van der Waals surface area contributed by atoms with Crippen LogP contribution in [0.3, 0.4) is 0 Å². The number of benzene rings is 2. The Hall–Kier alpha value is -2.96. The zero-order valence-electron chi connectivity index (χ0n) is 17.6. The molecule has 1 atom stereocenters. The van der Waals surface area contributed by atoms with Gasteiger partial charge in [0, 0.05) is 16.0 Å². The summed E-state index contributed by atoms with van der Waals surface area (Å²) < 4.78 is 0. The van der Waals surface area contributed by atoms with Gasteiger partial charge in [-0.15, -0.1) is 11.3 Å². The minimum atomic E-state index is -0.0758. The van der Waals surface area contributed by atoms with Gasteiger partial charge in [0.2, 0.25) is 0 Å². The molecule has 4 rings (SSSR count). The highest BCUT2D eigenvalue weighted by Gasteiger charge is 2.17. The molecule has 0 aliphatic heterocycles. The SMILES string of the molecule is Cc1ccc2cc(CN(Cc3cccs3)C(=S)N[C@@H](C)c3ccccc3)c(=O)[nH]c2c1. The Kier molecular flexibility index (Phi) is 6.49. The van der Waals surface area contributed by atoms with E-state index in [0.717, 1.165) is 16.5 Å². The number of pyridine rings is 1. The molecular weight excluding hydrogens is 422 g/mol. The molecule has 0 fully saturated rings. The third-order valence-electron chi connectivity index (χ3n) is 5.29. The van der Waals surface area contributed by atoms with Crippen molar-refractivity contribution in [3.63, 3.8) is 0 Å². The van der Waals surface area contributed by atoms with E-state index in [4.69, 9.17) is 12.2 Å². The van der Waals surface area contributed by atoms with Gasteiger partial charge >= 0.3 is 0 Å². The van der Waals surface area contributed by atoms with E-state index in [1.807, 2.05) is 49.4 Å². The summed E-state index contributed by atoms with van der Waals surface area (Å²) in [6.07, 6.45) is 0. The van der Waals surface area contributed by atoms with Crippen LogP contribution in [-0.2, 0) is 13.1 Å². The van der Waals surface area contributed by atoms with Crippen molar-refractivity contribution < 1.29 is 0 Å². The second kappa shape index (κ2) is 9.45. The maximum atomic E-state index is 12.8. The second-order valence-corrected chi connectivity index (χ2v) is 9.15. The Morgan fingerprint density at radius 3 is 2.65 bits per heavy atom. The first-order valence-electron chi connectivity index (χ1n) is 10.2. The number of rotatable bonds is 6.